The van der Waals surface area contributed by atoms with Crippen molar-refractivity contribution in [2.45, 2.75) is 88.9 Å². The topological polar surface area (TPSA) is 79.3 Å². The van der Waals surface area contributed by atoms with Crippen molar-refractivity contribution < 1.29 is 24.2 Å². The molecule has 0 radical (unpaired) electrons. The molecule has 2 fully saturated rings. The number of anilines is 1. The number of hydrogen-bond acceptors (Lipinski definition) is 5. The van der Waals surface area contributed by atoms with Crippen LogP contribution in [0, 0.1) is 5.92 Å². The van der Waals surface area contributed by atoms with E-state index < -0.39 is 8.07 Å². The molecule has 0 spiro atoms. The van der Waals surface area contributed by atoms with Crippen LogP contribution in [0.15, 0.2) is 72.8 Å². The van der Waals surface area contributed by atoms with E-state index in [1.54, 1.807) is 7.11 Å². The fraction of sp³-hybridized carbons (Fsp3) is 0.474. The number of ether oxygens (including phenoxy) is 2. The minimum atomic E-state index is -2.12. The van der Waals surface area contributed by atoms with E-state index in [0.29, 0.717) is 25.8 Å². The number of hydrogen-bond donors (Lipinski definition) is 1. The molecule has 3 aromatic rings. The molecule has 8 heteroatoms. The van der Waals surface area contributed by atoms with Gasteiger partial charge < -0.3 is 24.4 Å². The van der Waals surface area contributed by atoms with E-state index >= 15 is 0 Å². The predicted molar refractivity (Wildman–Crippen MR) is 184 cm³/mol. The van der Waals surface area contributed by atoms with Gasteiger partial charge in [-0.2, -0.15) is 0 Å². The lowest BCUT2D eigenvalue weighted by atomic mass is 9.93. The summed E-state index contributed by atoms with van der Waals surface area (Å²) in [6.45, 7) is 8.40. The average Bonchev–Trinajstić information content (AvgIpc) is 3.65. The van der Waals surface area contributed by atoms with Crippen LogP contribution in [0.5, 0.6) is 5.75 Å². The highest BCUT2D eigenvalue weighted by atomic mass is 28.3. The standard InChI is InChI=1S/C38H48N2O5Si/c1-26-34(20-13-27-11-14-30(15-12-27)39-21-7-10-36(39)42)45-35(38(26)46(3,4)33-18-16-32(44-2)17-19-33)23-37(43)40-24-29-9-6-5-8-28(29)22-31(40)25-41/h5-6,8-9,11-12,14-19,26,31,34-35,38,41H,7,10,13,20-25H2,1-4H3/t26-,31+,34+,35-,38+/m1/s1. The Bertz CT molecular complexity index is 1520. The average molecular weight is 641 g/mol. The van der Waals surface area contributed by atoms with Crippen LogP contribution in [-0.2, 0) is 33.7 Å². The number of benzene rings is 3. The SMILES string of the molecule is COc1ccc([Si](C)(C)[C@H]2[C@H](C)[C@H](CCc3ccc(N4CCCC4=O)cc3)O[C@@H]2CC(=O)N2Cc3ccccc3C[C@H]2CO)cc1. The van der Waals surface area contributed by atoms with Crippen molar-refractivity contribution in [3.05, 3.63) is 89.5 Å². The number of rotatable bonds is 10. The van der Waals surface area contributed by atoms with Gasteiger partial charge in [0, 0.05) is 25.2 Å². The first-order valence-corrected chi connectivity index (χ1v) is 19.9. The first-order valence-electron chi connectivity index (χ1n) is 16.9. The minimum absolute atomic E-state index is 0.0309. The molecule has 0 unspecified atom stereocenters. The van der Waals surface area contributed by atoms with Gasteiger partial charge >= 0.3 is 0 Å². The zero-order valence-corrected chi connectivity index (χ0v) is 28.7. The van der Waals surface area contributed by atoms with Gasteiger partial charge in [0.1, 0.15) is 5.75 Å². The van der Waals surface area contributed by atoms with Gasteiger partial charge in [-0.15, -0.1) is 0 Å². The number of aryl methyl sites for hydroxylation is 1. The third-order valence-electron chi connectivity index (χ3n) is 10.9. The molecular weight excluding hydrogens is 593 g/mol. The van der Waals surface area contributed by atoms with Gasteiger partial charge in [-0.25, -0.2) is 0 Å². The van der Waals surface area contributed by atoms with Crippen LogP contribution in [0.25, 0.3) is 0 Å². The summed E-state index contributed by atoms with van der Waals surface area (Å²) in [4.78, 5) is 30.1. The van der Waals surface area contributed by atoms with Gasteiger partial charge in [0.05, 0.1) is 46.5 Å². The zero-order valence-electron chi connectivity index (χ0n) is 27.7. The molecule has 0 saturated carbocycles. The third kappa shape index (κ3) is 6.53. The maximum absolute atomic E-state index is 14.1. The fourth-order valence-electron chi connectivity index (χ4n) is 8.25. The zero-order chi connectivity index (χ0) is 32.4. The molecule has 3 aliphatic rings. The largest absolute Gasteiger partial charge is 0.497 e. The maximum atomic E-state index is 14.1. The molecule has 2 amide bonds. The normalized spacial score (nSPS) is 24.7. The van der Waals surface area contributed by atoms with Crippen LogP contribution < -0.4 is 14.8 Å². The molecule has 3 aliphatic heterocycles. The third-order valence-corrected chi connectivity index (χ3v) is 15.3. The molecule has 0 aliphatic carbocycles. The highest BCUT2D eigenvalue weighted by Crippen LogP contribution is 2.47. The van der Waals surface area contributed by atoms with Crippen molar-refractivity contribution in [1.82, 2.24) is 4.90 Å². The van der Waals surface area contributed by atoms with Crippen LogP contribution in [0.1, 0.15) is 49.3 Å². The van der Waals surface area contributed by atoms with Crippen molar-refractivity contribution in [3.63, 3.8) is 0 Å². The van der Waals surface area contributed by atoms with E-state index in [2.05, 4.69) is 68.5 Å². The molecule has 3 heterocycles. The molecule has 46 heavy (non-hydrogen) atoms. The first kappa shape index (κ1) is 32.5. The summed E-state index contributed by atoms with van der Waals surface area (Å²) >= 11 is 0. The van der Waals surface area contributed by atoms with E-state index in [9.17, 15) is 14.7 Å². The smallest absolute Gasteiger partial charge is 0.227 e. The van der Waals surface area contributed by atoms with Crippen molar-refractivity contribution in [2.24, 2.45) is 5.92 Å². The molecule has 7 nitrogen and oxygen atoms in total. The van der Waals surface area contributed by atoms with Crippen molar-refractivity contribution >= 4 is 30.8 Å². The number of methoxy groups -OCH3 is 1. The second kappa shape index (κ2) is 13.7. The lowest BCUT2D eigenvalue weighted by Gasteiger charge is -2.39. The van der Waals surface area contributed by atoms with Gasteiger partial charge in [-0.05, 0) is 78.1 Å². The molecule has 1 N–H and O–H groups in total. The van der Waals surface area contributed by atoms with Crippen LogP contribution in [0.4, 0.5) is 5.69 Å². The van der Waals surface area contributed by atoms with Crippen LogP contribution >= 0.6 is 0 Å². The Morgan fingerprint density at radius 1 is 1.00 bits per heavy atom. The Hall–Kier alpha value is -3.46. The van der Waals surface area contributed by atoms with Crippen molar-refractivity contribution in [2.75, 3.05) is 25.2 Å². The van der Waals surface area contributed by atoms with Gasteiger partial charge in [0.25, 0.3) is 0 Å². The Kier molecular flexibility index (Phi) is 9.69. The molecule has 0 bridgehead atoms. The Labute approximate surface area is 274 Å². The number of aliphatic hydroxyl groups is 1. The number of fused-ring (bicyclic) bond motifs is 1. The Morgan fingerprint density at radius 3 is 2.37 bits per heavy atom. The quantitative estimate of drug-likeness (QED) is 0.297. The Balaban J connectivity index is 1.21. The maximum Gasteiger partial charge on any atom is 0.227 e. The van der Waals surface area contributed by atoms with Crippen LogP contribution in [0.3, 0.4) is 0 Å². The summed E-state index contributed by atoms with van der Waals surface area (Å²) < 4.78 is 12.4. The highest BCUT2D eigenvalue weighted by Gasteiger charge is 2.51. The van der Waals surface area contributed by atoms with E-state index in [-0.39, 0.29) is 48.1 Å². The number of aliphatic hydroxyl groups excluding tert-OH is 1. The monoisotopic (exact) mass is 640 g/mol. The molecule has 5 atom stereocenters. The number of carbonyl (C=O) groups is 2. The summed E-state index contributed by atoms with van der Waals surface area (Å²) in [6, 6.07) is 24.9. The molecule has 6 rings (SSSR count). The minimum Gasteiger partial charge on any atom is -0.497 e. The second-order valence-electron chi connectivity index (χ2n) is 13.9. The molecule has 3 aromatic carbocycles. The Morgan fingerprint density at radius 2 is 1.72 bits per heavy atom. The van der Waals surface area contributed by atoms with Crippen molar-refractivity contribution in [1.29, 1.82) is 0 Å². The lowest BCUT2D eigenvalue weighted by Crippen LogP contribution is -2.52. The predicted octanol–water partition coefficient (Wildman–Crippen LogP) is 5.48. The lowest BCUT2D eigenvalue weighted by molar-refractivity contribution is -0.138. The summed E-state index contributed by atoms with van der Waals surface area (Å²) in [5, 5.41) is 11.6. The number of amides is 2. The fourth-order valence-corrected chi connectivity index (χ4v) is 12.3. The van der Waals surface area contributed by atoms with E-state index in [1.165, 1.54) is 16.3 Å². The van der Waals surface area contributed by atoms with Gasteiger partial charge in [-0.1, -0.05) is 73.7 Å². The van der Waals surface area contributed by atoms with Gasteiger partial charge in [0.15, 0.2) is 0 Å². The molecular formula is C38H48N2O5Si. The van der Waals surface area contributed by atoms with E-state index in [4.69, 9.17) is 9.47 Å². The van der Waals surface area contributed by atoms with Crippen LogP contribution in [0.2, 0.25) is 18.6 Å². The summed E-state index contributed by atoms with van der Waals surface area (Å²) in [6.07, 6.45) is 4.11. The molecule has 2 saturated heterocycles. The summed E-state index contributed by atoms with van der Waals surface area (Å²) in [5.41, 5.74) is 4.81. The van der Waals surface area contributed by atoms with Crippen LogP contribution in [-0.4, -0.2) is 68.4 Å². The molecule has 244 valence electrons. The van der Waals surface area contributed by atoms with Crippen molar-refractivity contribution in [3.8, 4) is 5.75 Å². The second-order valence-corrected chi connectivity index (χ2v) is 18.6. The highest BCUT2D eigenvalue weighted by molar-refractivity contribution is 6.91. The van der Waals surface area contributed by atoms with Gasteiger partial charge in [-0.3, -0.25) is 9.59 Å². The number of carbonyl (C=O) groups excluding carboxylic acids is 2. The molecule has 0 aromatic heterocycles. The van der Waals surface area contributed by atoms with Gasteiger partial charge in [0.2, 0.25) is 11.8 Å². The summed E-state index contributed by atoms with van der Waals surface area (Å²) in [7, 11) is -0.436. The van der Waals surface area contributed by atoms with E-state index in [0.717, 1.165) is 42.8 Å². The first-order chi connectivity index (χ1) is 22.2. The van der Waals surface area contributed by atoms with E-state index in [1.807, 2.05) is 34.1 Å². The summed E-state index contributed by atoms with van der Waals surface area (Å²) in [5.74, 6) is 1.38. The number of nitrogens with zero attached hydrogens (tertiary/aromatic N) is 2.